The van der Waals surface area contributed by atoms with Gasteiger partial charge < -0.3 is 9.73 Å². The topological polar surface area (TPSA) is 25.2 Å². The van der Waals surface area contributed by atoms with Gasteiger partial charge in [0.15, 0.2) is 0 Å². The minimum Gasteiger partial charge on any atom is -0.465 e. The molecule has 1 aliphatic rings. The highest BCUT2D eigenvalue weighted by molar-refractivity contribution is 5.42. The number of nitrogens with one attached hydrogen (secondary N) is 1. The van der Waals surface area contributed by atoms with Crippen molar-refractivity contribution >= 4 is 6.08 Å². The van der Waals surface area contributed by atoms with Gasteiger partial charge in [0.05, 0.1) is 6.26 Å². The first-order chi connectivity index (χ1) is 7.29. The molecule has 1 heterocycles. The standard InChI is InChI=1S/C13H19NO/c1-13(7-4-8-13)11-14-9-2-5-12-6-3-10-15-12/h2-3,5-6,10,14H,4,7-9,11H2,1H3/b5-2+. The lowest BCUT2D eigenvalue weighted by molar-refractivity contribution is 0.159. The monoisotopic (exact) mass is 205 g/mol. The molecule has 2 rings (SSSR count). The van der Waals surface area contributed by atoms with E-state index < -0.39 is 0 Å². The second kappa shape index (κ2) is 4.67. The summed E-state index contributed by atoms with van der Waals surface area (Å²) in [5.41, 5.74) is 0.568. The van der Waals surface area contributed by atoms with Crippen molar-refractivity contribution in [2.75, 3.05) is 13.1 Å². The fourth-order valence-electron chi connectivity index (χ4n) is 1.98. The van der Waals surface area contributed by atoms with Crippen LogP contribution in [0.4, 0.5) is 0 Å². The number of furan rings is 1. The van der Waals surface area contributed by atoms with Gasteiger partial charge in [0, 0.05) is 13.1 Å². The molecule has 0 bridgehead atoms. The Labute approximate surface area is 91.4 Å². The average molecular weight is 205 g/mol. The van der Waals surface area contributed by atoms with E-state index in [-0.39, 0.29) is 0 Å². The minimum absolute atomic E-state index is 0.568. The van der Waals surface area contributed by atoms with Crippen molar-refractivity contribution in [3.05, 3.63) is 30.2 Å². The third kappa shape index (κ3) is 2.96. The Morgan fingerprint density at radius 1 is 1.53 bits per heavy atom. The molecule has 1 saturated carbocycles. The van der Waals surface area contributed by atoms with Crippen LogP contribution in [0.2, 0.25) is 0 Å². The molecule has 0 amide bonds. The van der Waals surface area contributed by atoms with Crippen LogP contribution in [-0.4, -0.2) is 13.1 Å². The third-order valence-corrected chi connectivity index (χ3v) is 3.20. The number of rotatable bonds is 5. The van der Waals surface area contributed by atoms with Gasteiger partial charge in [-0.25, -0.2) is 0 Å². The molecule has 15 heavy (non-hydrogen) atoms. The van der Waals surface area contributed by atoms with Crippen LogP contribution >= 0.6 is 0 Å². The van der Waals surface area contributed by atoms with Gasteiger partial charge in [-0.15, -0.1) is 0 Å². The average Bonchev–Trinajstić information content (AvgIpc) is 2.67. The predicted molar refractivity (Wildman–Crippen MR) is 62.6 cm³/mol. The first kappa shape index (κ1) is 10.5. The minimum atomic E-state index is 0.568. The molecule has 1 aliphatic carbocycles. The molecular formula is C13H19NO. The molecule has 2 nitrogen and oxygen atoms in total. The van der Waals surface area contributed by atoms with Crippen molar-refractivity contribution in [1.82, 2.24) is 5.32 Å². The highest BCUT2D eigenvalue weighted by atomic mass is 16.3. The molecule has 1 fully saturated rings. The van der Waals surface area contributed by atoms with E-state index in [2.05, 4.69) is 18.3 Å². The van der Waals surface area contributed by atoms with Crippen molar-refractivity contribution in [1.29, 1.82) is 0 Å². The van der Waals surface area contributed by atoms with Crippen molar-refractivity contribution < 1.29 is 4.42 Å². The zero-order valence-corrected chi connectivity index (χ0v) is 9.33. The lowest BCUT2D eigenvalue weighted by Gasteiger charge is -2.38. The Balaban J connectivity index is 1.62. The van der Waals surface area contributed by atoms with Gasteiger partial charge >= 0.3 is 0 Å². The summed E-state index contributed by atoms with van der Waals surface area (Å²) in [5.74, 6) is 0.923. The molecule has 1 aromatic rings. The van der Waals surface area contributed by atoms with E-state index in [0.717, 1.165) is 18.8 Å². The molecule has 0 aromatic carbocycles. The van der Waals surface area contributed by atoms with E-state index in [1.165, 1.54) is 19.3 Å². The first-order valence-corrected chi connectivity index (χ1v) is 5.69. The molecular weight excluding hydrogens is 186 g/mol. The van der Waals surface area contributed by atoms with Crippen molar-refractivity contribution in [2.45, 2.75) is 26.2 Å². The van der Waals surface area contributed by atoms with E-state index in [4.69, 9.17) is 4.42 Å². The SMILES string of the molecule is CC1(CNC/C=C/c2ccco2)CCC1. The first-order valence-electron chi connectivity index (χ1n) is 5.69. The van der Waals surface area contributed by atoms with Crippen LogP contribution in [0.25, 0.3) is 6.08 Å². The van der Waals surface area contributed by atoms with Crippen LogP contribution < -0.4 is 5.32 Å². The zero-order chi connectivity index (χ0) is 10.6. The maximum absolute atomic E-state index is 5.20. The van der Waals surface area contributed by atoms with E-state index in [1.807, 2.05) is 18.2 Å². The fraction of sp³-hybridized carbons (Fsp3) is 0.538. The summed E-state index contributed by atoms with van der Waals surface area (Å²) < 4.78 is 5.20. The number of hydrogen-bond acceptors (Lipinski definition) is 2. The molecule has 0 aliphatic heterocycles. The quantitative estimate of drug-likeness (QED) is 0.747. The van der Waals surface area contributed by atoms with E-state index >= 15 is 0 Å². The molecule has 0 atom stereocenters. The highest BCUT2D eigenvalue weighted by Crippen LogP contribution is 2.39. The van der Waals surface area contributed by atoms with Crippen LogP contribution in [0.5, 0.6) is 0 Å². The maximum atomic E-state index is 5.20. The highest BCUT2D eigenvalue weighted by Gasteiger charge is 2.30. The second-order valence-corrected chi connectivity index (χ2v) is 4.71. The van der Waals surface area contributed by atoms with Crippen LogP contribution in [-0.2, 0) is 0 Å². The van der Waals surface area contributed by atoms with Crippen LogP contribution in [0, 0.1) is 5.41 Å². The van der Waals surface area contributed by atoms with Gasteiger partial charge in [-0.2, -0.15) is 0 Å². The lowest BCUT2D eigenvalue weighted by Crippen LogP contribution is -2.37. The maximum Gasteiger partial charge on any atom is 0.126 e. The molecule has 0 radical (unpaired) electrons. The van der Waals surface area contributed by atoms with E-state index in [9.17, 15) is 0 Å². The lowest BCUT2D eigenvalue weighted by atomic mass is 9.70. The summed E-state index contributed by atoms with van der Waals surface area (Å²) in [6, 6.07) is 3.87. The number of hydrogen-bond donors (Lipinski definition) is 1. The summed E-state index contributed by atoms with van der Waals surface area (Å²) >= 11 is 0. The van der Waals surface area contributed by atoms with Gasteiger partial charge in [-0.1, -0.05) is 19.4 Å². The summed E-state index contributed by atoms with van der Waals surface area (Å²) in [7, 11) is 0. The van der Waals surface area contributed by atoms with Crippen molar-refractivity contribution in [2.24, 2.45) is 5.41 Å². The van der Waals surface area contributed by atoms with Crippen LogP contribution in [0.15, 0.2) is 28.9 Å². The van der Waals surface area contributed by atoms with Gasteiger partial charge in [-0.3, -0.25) is 0 Å². The zero-order valence-electron chi connectivity index (χ0n) is 9.33. The Hall–Kier alpha value is -1.02. The Kier molecular flexibility index (Phi) is 3.27. The second-order valence-electron chi connectivity index (χ2n) is 4.71. The molecule has 2 heteroatoms. The van der Waals surface area contributed by atoms with Crippen molar-refractivity contribution in [3.63, 3.8) is 0 Å². The smallest absolute Gasteiger partial charge is 0.126 e. The molecule has 1 aromatic heterocycles. The van der Waals surface area contributed by atoms with E-state index in [0.29, 0.717) is 5.41 Å². The molecule has 1 N–H and O–H groups in total. The summed E-state index contributed by atoms with van der Waals surface area (Å²) in [6.45, 7) is 4.42. The summed E-state index contributed by atoms with van der Waals surface area (Å²) in [6.07, 6.45) is 9.98. The largest absolute Gasteiger partial charge is 0.465 e. The van der Waals surface area contributed by atoms with Crippen LogP contribution in [0.1, 0.15) is 31.9 Å². The predicted octanol–water partition coefficient (Wildman–Crippen LogP) is 3.07. The summed E-state index contributed by atoms with van der Waals surface area (Å²) in [4.78, 5) is 0. The molecule has 82 valence electrons. The fourth-order valence-corrected chi connectivity index (χ4v) is 1.98. The Bertz CT molecular complexity index is 309. The molecule has 0 saturated heterocycles. The van der Waals surface area contributed by atoms with E-state index in [1.54, 1.807) is 6.26 Å². The Morgan fingerprint density at radius 2 is 2.40 bits per heavy atom. The van der Waals surface area contributed by atoms with Gasteiger partial charge in [0.1, 0.15) is 5.76 Å². The van der Waals surface area contributed by atoms with Gasteiger partial charge in [0.25, 0.3) is 0 Å². The molecule has 0 unspecified atom stereocenters. The van der Waals surface area contributed by atoms with Gasteiger partial charge in [-0.05, 0) is 36.5 Å². The van der Waals surface area contributed by atoms with Crippen LogP contribution in [0.3, 0.4) is 0 Å². The normalized spacial score (nSPS) is 19.3. The summed E-state index contributed by atoms with van der Waals surface area (Å²) in [5, 5.41) is 3.46. The Morgan fingerprint density at radius 3 is 3.00 bits per heavy atom. The third-order valence-electron chi connectivity index (χ3n) is 3.20. The van der Waals surface area contributed by atoms with Gasteiger partial charge in [0.2, 0.25) is 0 Å². The molecule has 0 spiro atoms. The van der Waals surface area contributed by atoms with Crippen molar-refractivity contribution in [3.8, 4) is 0 Å².